The first-order chi connectivity index (χ1) is 16.2. The van der Waals surface area contributed by atoms with Gasteiger partial charge in [-0.15, -0.1) is 0 Å². The minimum Gasteiger partial charge on any atom is -0.464 e. The fourth-order valence-corrected chi connectivity index (χ4v) is 6.07. The van der Waals surface area contributed by atoms with Crippen molar-refractivity contribution in [1.29, 1.82) is 0 Å². The number of hydrogen-bond donors (Lipinski definition) is 1. The van der Waals surface area contributed by atoms with Gasteiger partial charge in [0.25, 0.3) is 9.05 Å². The monoisotopic (exact) mass is 619 g/mol. The maximum Gasteiger partial charge on any atom is 0.404 e. The molecule has 0 unspecified atom stereocenters. The number of nitrogens with one attached hydrogen (secondary N) is 1. The van der Waals surface area contributed by atoms with Gasteiger partial charge in [-0.3, -0.25) is 0 Å². The van der Waals surface area contributed by atoms with Crippen LogP contribution in [0.4, 0.5) is 13.2 Å². The van der Waals surface area contributed by atoms with Gasteiger partial charge < -0.3 is 18.6 Å². The van der Waals surface area contributed by atoms with Crippen LogP contribution in [0.15, 0.2) is 22.2 Å². The maximum atomic E-state index is 12.4. The SMILES string of the molecule is COC(=O)c1c(Cl)c(S(=O)(=O)Cl)cn1C.COC(=O)c1c(Cl)c(S(=O)(=O)N[C@H](C)C(F)(F)F)cn1C. The van der Waals surface area contributed by atoms with E-state index in [1.165, 1.54) is 30.5 Å². The topological polar surface area (TPSA) is 143 Å². The van der Waals surface area contributed by atoms with Crippen molar-refractivity contribution in [1.82, 2.24) is 13.9 Å². The number of sulfonamides is 1. The molecule has 0 bridgehead atoms. The van der Waals surface area contributed by atoms with Crippen LogP contribution in [0.1, 0.15) is 27.9 Å². The molecule has 204 valence electrons. The first-order valence-electron chi connectivity index (χ1n) is 9.10. The highest BCUT2D eigenvalue weighted by molar-refractivity contribution is 8.13. The molecule has 0 aliphatic carbocycles. The molecule has 0 saturated carbocycles. The highest BCUT2D eigenvalue weighted by atomic mass is 35.7. The average molecular weight is 621 g/mol. The number of carbonyl (C=O) groups is 2. The predicted octanol–water partition coefficient (Wildman–Crippen LogP) is 3.09. The van der Waals surface area contributed by atoms with Crippen LogP contribution in [0.25, 0.3) is 0 Å². The summed E-state index contributed by atoms with van der Waals surface area (Å²) in [4.78, 5) is 21.7. The number of carbonyl (C=O) groups excluding carboxylic acids is 2. The molecular formula is C17H19Cl3F3N3O8S2. The van der Waals surface area contributed by atoms with E-state index in [1.807, 2.05) is 0 Å². The zero-order chi connectivity index (χ0) is 28.4. The first-order valence-corrected chi connectivity index (χ1v) is 13.6. The van der Waals surface area contributed by atoms with Gasteiger partial charge in [0.15, 0.2) is 0 Å². The van der Waals surface area contributed by atoms with E-state index in [0.29, 0.717) is 6.92 Å². The third-order valence-electron chi connectivity index (χ3n) is 4.31. The van der Waals surface area contributed by atoms with E-state index in [2.05, 4.69) is 9.47 Å². The number of rotatable bonds is 6. The van der Waals surface area contributed by atoms with E-state index in [1.54, 1.807) is 0 Å². The van der Waals surface area contributed by atoms with E-state index in [-0.39, 0.29) is 21.3 Å². The Balaban J connectivity index is 0.000000381. The molecule has 19 heteroatoms. The van der Waals surface area contributed by atoms with Crippen LogP contribution >= 0.6 is 33.9 Å². The van der Waals surface area contributed by atoms with Crippen LogP contribution in [-0.2, 0) is 42.6 Å². The summed E-state index contributed by atoms with van der Waals surface area (Å²) in [7, 11) is 1.61. The molecule has 1 atom stereocenters. The molecule has 36 heavy (non-hydrogen) atoms. The number of esters is 2. The summed E-state index contributed by atoms with van der Waals surface area (Å²) in [5, 5.41) is -0.745. The molecule has 1 N–H and O–H groups in total. The Morgan fingerprint density at radius 2 is 1.28 bits per heavy atom. The lowest BCUT2D eigenvalue weighted by Crippen LogP contribution is -2.42. The lowest BCUT2D eigenvalue weighted by atomic mass is 10.4. The smallest absolute Gasteiger partial charge is 0.404 e. The molecular weight excluding hydrogens is 602 g/mol. The fraction of sp³-hybridized carbons (Fsp3) is 0.412. The van der Waals surface area contributed by atoms with Gasteiger partial charge in [-0.05, 0) is 6.92 Å². The molecule has 2 aromatic rings. The van der Waals surface area contributed by atoms with Gasteiger partial charge >= 0.3 is 18.1 Å². The lowest BCUT2D eigenvalue weighted by molar-refractivity contribution is -0.147. The Bertz CT molecular complexity index is 1370. The van der Waals surface area contributed by atoms with Crippen LogP contribution in [0.3, 0.4) is 0 Å². The Hall–Kier alpha value is -1.98. The van der Waals surface area contributed by atoms with Gasteiger partial charge in [0.1, 0.15) is 27.2 Å². The summed E-state index contributed by atoms with van der Waals surface area (Å²) in [6, 6.07) is -2.31. The van der Waals surface area contributed by atoms with Gasteiger partial charge in [-0.1, -0.05) is 23.2 Å². The van der Waals surface area contributed by atoms with Gasteiger partial charge in [0.2, 0.25) is 10.0 Å². The Kier molecular flexibility index (Phi) is 10.3. The standard InChI is InChI=1S/C10H12ClF3N2O4S.C7H7Cl2NO4S/c1-5(10(12,13)14)15-21(18,19)6-4-16(2)8(7(6)11)9(17)20-3;1-10-3-4(15(9,12)13)5(8)6(10)7(11)14-2/h4-5,15H,1-3H3;3H,1-2H3/t5-;/m1./s1. The summed E-state index contributed by atoms with van der Waals surface area (Å²) in [5.74, 6) is -1.64. The number of aromatic nitrogens is 2. The van der Waals surface area contributed by atoms with Crippen molar-refractivity contribution in [2.45, 2.75) is 28.9 Å². The molecule has 0 radical (unpaired) electrons. The summed E-state index contributed by atoms with van der Waals surface area (Å²) in [6.45, 7) is 0.648. The zero-order valence-electron chi connectivity index (χ0n) is 19.0. The van der Waals surface area contributed by atoms with Crippen LogP contribution in [0, 0.1) is 0 Å². The molecule has 0 aromatic carbocycles. The number of halogens is 6. The van der Waals surface area contributed by atoms with Crippen molar-refractivity contribution in [3.8, 4) is 0 Å². The molecule has 0 saturated heterocycles. The summed E-state index contributed by atoms with van der Waals surface area (Å²) < 4.78 is 95.8. The van der Waals surface area contributed by atoms with Crippen molar-refractivity contribution in [3.05, 3.63) is 33.8 Å². The first kappa shape index (κ1) is 32.0. The van der Waals surface area contributed by atoms with E-state index in [4.69, 9.17) is 33.9 Å². The highest BCUT2D eigenvalue weighted by Crippen LogP contribution is 2.30. The van der Waals surface area contributed by atoms with Gasteiger partial charge in [0, 0.05) is 37.2 Å². The minimum absolute atomic E-state index is 0.0570. The summed E-state index contributed by atoms with van der Waals surface area (Å²) in [6.07, 6.45) is -2.67. The van der Waals surface area contributed by atoms with Crippen LogP contribution in [0.5, 0.6) is 0 Å². The van der Waals surface area contributed by atoms with Crippen LogP contribution in [0.2, 0.25) is 10.0 Å². The Morgan fingerprint density at radius 3 is 1.58 bits per heavy atom. The third-order valence-corrected chi connectivity index (χ3v) is 8.18. The summed E-state index contributed by atoms with van der Waals surface area (Å²) in [5.41, 5.74) is -0.336. The Morgan fingerprint density at radius 1 is 0.917 bits per heavy atom. The second-order valence-corrected chi connectivity index (χ2v) is 11.8. The number of ether oxygens (including phenoxy) is 2. The van der Waals surface area contributed by atoms with E-state index in [9.17, 15) is 39.6 Å². The quantitative estimate of drug-likeness (QED) is 0.384. The van der Waals surface area contributed by atoms with Crippen molar-refractivity contribution in [2.75, 3.05) is 14.2 Å². The Labute approximate surface area is 218 Å². The predicted molar refractivity (Wildman–Crippen MR) is 122 cm³/mol. The second kappa shape index (κ2) is 11.6. The number of hydrogen-bond acceptors (Lipinski definition) is 8. The number of aryl methyl sites for hydroxylation is 2. The third kappa shape index (κ3) is 7.29. The van der Waals surface area contributed by atoms with Crippen molar-refractivity contribution < 1.29 is 49.1 Å². The van der Waals surface area contributed by atoms with Crippen molar-refractivity contribution in [3.63, 3.8) is 0 Å². The molecule has 0 aliphatic rings. The van der Waals surface area contributed by atoms with Crippen LogP contribution in [-0.4, -0.2) is 64.3 Å². The highest BCUT2D eigenvalue weighted by Gasteiger charge is 2.40. The van der Waals surface area contributed by atoms with E-state index >= 15 is 0 Å². The zero-order valence-corrected chi connectivity index (χ0v) is 22.9. The molecule has 0 aliphatic heterocycles. The number of alkyl halides is 3. The number of nitrogens with zero attached hydrogens (tertiary/aromatic N) is 2. The van der Waals surface area contributed by atoms with E-state index in [0.717, 1.165) is 24.1 Å². The molecule has 2 rings (SSSR count). The van der Waals surface area contributed by atoms with Crippen molar-refractivity contribution in [2.24, 2.45) is 14.1 Å². The molecule has 11 nitrogen and oxygen atoms in total. The molecule has 2 aromatic heterocycles. The molecule has 0 amide bonds. The molecule has 0 spiro atoms. The van der Waals surface area contributed by atoms with Gasteiger partial charge in [-0.2, -0.15) is 17.9 Å². The largest absolute Gasteiger partial charge is 0.464 e. The minimum atomic E-state index is -4.75. The van der Waals surface area contributed by atoms with Crippen molar-refractivity contribution >= 4 is 64.9 Å². The average Bonchev–Trinajstić information content (AvgIpc) is 3.21. The van der Waals surface area contributed by atoms with Gasteiger partial charge in [-0.25, -0.2) is 26.4 Å². The second-order valence-electron chi connectivity index (χ2n) is 6.84. The lowest BCUT2D eigenvalue weighted by Gasteiger charge is -2.16. The van der Waals surface area contributed by atoms with Gasteiger partial charge in [0.05, 0.1) is 24.3 Å². The van der Waals surface area contributed by atoms with E-state index < -0.39 is 53.1 Å². The molecule has 2 heterocycles. The summed E-state index contributed by atoms with van der Waals surface area (Å²) >= 11 is 11.5. The maximum absolute atomic E-state index is 12.4. The molecule has 0 fully saturated rings. The fourth-order valence-electron chi connectivity index (χ4n) is 2.52. The normalized spacial score (nSPS) is 13.0. The number of methoxy groups -OCH3 is 2. The van der Waals surface area contributed by atoms with Crippen LogP contribution < -0.4 is 4.72 Å².